The van der Waals surface area contributed by atoms with Crippen molar-refractivity contribution in [1.29, 1.82) is 0 Å². The number of benzene rings is 1. The SMILES string of the molecule is CCCCCCCCCCCCCCCCCCOC(C[C@]1(Cc2ccc(C[C@@]3(CC(OCCCCCCCCCCCCCCCCCC)OCCCCCCCCCCCCCCCCCC)NC(=O)[C@H](C(C)C)NC3=O)cc2)NC(=O)[C@H](C(C)C)NC1=O)OCCCCCCCCCCCCCCCCCC. The van der Waals surface area contributed by atoms with Crippen molar-refractivity contribution in [2.45, 2.75) is 528 Å². The maximum absolute atomic E-state index is 14.9. The summed E-state index contributed by atoms with van der Waals surface area (Å²) in [6.45, 7) is 19.1. The average Bonchev–Trinajstić information content (AvgIpc) is 0.778. The molecule has 2 saturated heterocycles. The lowest BCUT2D eigenvalue weighted by molar-refractivity contribution is -0.168. The van der Waals surface area contributed by atoms with Crippen molar-refractivity contribution in [1.82, 2.24) is 21.3 Å². The van der Waals surface area contributed by atoms with Crippen LogP contribution in [0, 0.1) is 11.8 Å². The highest BCUT2D eigenvalue weighted by atomic mass is 16.7. The zero-order valence-corrected chi connectivity index (χ0v) is 74.0. The van der Waals surface area contributed by atoms with Gasteiger partial charge in [-0.3, -0.25) is 19.2 Å². The van der Waals surface area contributed by atoms with Gasteiger partial charge >= 0.3 is 0 Å². The summed E-state index contributed by atoms with van der Waals surface area (Å²) < 4.78 is 26.8. The van der Waals surface area contributed by atoms with Crippen molar-refractivity contribution in [2.24, 2.45) is 11.8 Å². The van der Waals surface area contributed by atoms with E-state index in [0.29, 0.717) is 26.4 Å². The smallest absolute Gasteiger partial charge is 0.246 e. The molecule has 642 valence electrons. The van der Waals surface area contributed by atoms with Crippen LogP contribution in [0.15, 0.2) is 24.3 Å². The molecule has 0 radical (unpaired) electrons. The Bertz CT molecular complexity index is 2050. The second-order valence-corrected chi connectivity index (χ2v) is 35.7. The Hall–Kier alpha value is -3.06. The molecule has 4 atom stereocenters. The molecule has 0 aromatic heterocycles. The van der Waals surface area contributed by atoms with Crippen LogP contribution >= 0.6 is 0 Å². The van der Waals surface area contributed by atoms with Crippen LogP contribution in [0.4, 0.5) is 0 Å². The van der Waals surface area contributed by atoms with E-state index in [0.717, 1.165) is 62.5 Å². The molecule has 2 heterocycles. The van der Waals surface area contributed by atoms with Gasteiger partial charge in [-0.05, 0) is 48.6 Å². The zero-order valence-electron chi connectivity index (χ0n) is 74.0. The fourth-order valence-electron chi connectivity index (χ4n) is 16.9. The number of piperazine rings is 2. The lowest BCUT2D eigenvalue weighted by Crippen LogP contribution is -2.72. The third-order valence-electron chi connectivity index (χ3n) is 24.3. The highest BCUT2D eigenvalue weighted by molar-refractivity contribution is 6.01. The molecule has 3 rings (SSSR count). The molecule has 0 spiro atoms. The predicted molar refractivity (Wildman–Crippen MR) is 468 cm³/mol. The average molecular weight is 1540 g/mol. The maximum Gasteiger partial charge on any atom is 0.246 e. The number of carbonyl (C=O) groups excluding carboxylic acids is 4. The topological polar surface area (TPSA) is 153 Å². The first-order valence-corrected chi connectivity index (χ1v) is 48.6. The molecule has 4 N–H and O–H groups in total. The van der Waals surface area contributed by atoms with E-state index in [9.17, 15) is 19.2 Å². The van der Waals surface area contributed by atoms with E-state index in [-0.39, 0.29) is 61.1 Å². The van der Waals surface area contributed by atoms with Gasteiger partial charge in [0.1, 0.15) is 23.2 Å². The highest BCUT2D eigenvalue weighted by Gasteiger charge is 2.51. The van der Waals surface area contributed by atoms with E-state index in [4.69, 9.17) is 18.9 Å². The Kier molecular flexibility index (Phi) is 64.5. The summed E-state index contributed by atoms with van der Waals surface area (Å²) in [7, 11) is 0. The van der Waals surface area contributed by atoms with Crippen LogP contribution in [0.5, 0.6) is 0 Å². The lowest BCUT2D eigenvalue weighted by Gasteiger charge is -2.43. The van der Waals surface area contributed by atoms with E-state index >= 15 is 0 Å². The van der Waals surface area contributed by atoms with Gasteiger partial charge in [0.05, 0.1) is 0 Å². The van der Waals surface area contributed by atoms with Gasteiger partial charge in [0.2, 0.25) is 23.6 Å². The van der Waals surface area contributed by atoms with Crippen LogP contribution in [-0.2, 0) is 51.0 Å². The molecule has 0 saturated carbocycles. The van der Waals surface area contributed by atoms with Crippen molar-refractivity contribution in [3.63, 3.8) is 0 Å². The molecule has 2 aliphatic heterocycles. The zero-order chi connectivity index (χ0) is 79.3. The normalized spacial score (nSPS) is 17.5. The van der Waals surface area contributed by atoms with Crippen molar-refractivity contribution in [3.8, 4) is 0 Å². The van der Waals surface area contributed by atoms with Crippen LogP contribution in [0.25, 0.3) is 0 Å². The molecule has 0 aliphatic carbocycles. The van der Waals surface area contributed by atoms with E-state index in [1.54, 1.807) is 0 Å². The van der Waals surface area contributed by atoms with Crippen LogP contribution in [0.2, 0.25) is 0 Å². The molecule has 110 heavy (non-hydrogen) atoms. The molecule has 1 aromatic carbocycles. The number of amides is 4. The number of nitrogens with one attached hydrogen (secondary N) is 4. The van der Waals surface area contributed by atoms with Crippen molar-refractivity contribution >= 4 is 23.6 Å². The van der Waals surface area contributed by atoms with Crippen LogP contribution in [-0.4, -0.2) is 85.8 Å². The Morgan fingerprint density at radius 2 is 0.427 bits per heavy atom. The molecule has 0 unspecified atom stereocenters. The molecule has 2 aliphatic rings. The van der Waals surface area contributed by atoms with Gasteiger partial charge in [-0.25, -0.2) is 0 Å². The Labute approximate surface area is 680 Å². The van der Waals surface area contributed by atoms with Gasteiger partial charge in [0.15, 0.2) is 12.6 Å². The monoisotopic (exact) mass is 1540 g/mol. The van der Waals surface area contributed by atoms with Crippen LogP contribution in [0.3, 0.4) is 0 Å². The molecule has 12 nitrogen and oxygen atoms in total. The minimum absolute atomic E-state index is 0.0991. The molecule has 4 amide bonds. The second-order valence-electron chi connectivity index (χ2n) is 35.7. The standard InChI is InChI=1S/C98H182N4O8/c1-9-13-17-21-25-29-33-37-41-45-49-53-57-61-65-69-77-107-89(108-78-70-66-62-58-54-50-46-42-38-34-30-26-22-18-14-10-2)83-97(95(105)99-91(85(5)6)93(103)101-97)81-87-73-75-88(76-74-87)82-98(96(106)100-92(86(7)8)94(104)102-98)84-90(109-79-71-67-63-59-55-51-47-43-39-35-31-27-23-19-15-11-3)110-80-72-68-64-60-56-52-48-44-40-36-32-28-24-20-16-12-4/h73-76,85-86,89-92H,9-72,77-84H2,1-8H3,(H,99,105)(H,100,106)(H,101,103)(H,102,104)/t91-,92-,97-,98-/m0/s1. The highest BCUT2D eigenvalue weighted by Crippen LogP contribution is 2.32. The number of rotatable bonds is 82. The van der Waals surface area contributed by atoms with Gasteiger partial charge in [-0.2, -0.15) is 0 Å². The van der Waals surface area contributed by atoms with E-state index < -0.39 is 35.7 Å². The number of carbonyl (C=O) groups is 4. The minimum atomic E-state index is -1.34. The summed E-state index contributed by atoms with van der Waals surface area (Å²) >= 11 is 0. The number of hydrogen-bond acceptors (Lipinski definition) is 8. The quantitative estimate of drug-likeness (QED) is 0.0371. The molecule has 12 heteroatoms. The van der Waals surface area contributed by atoms with Gasteiger partial charge in [0.25, 0.3) is 0 Å². The second kappa shape index (κ2) is 70.2. The summed E-state index contributed by atoms with van der Waals surface area (Å²) in [5.41, 5.74) is -0.976. The van der Waals surface area contributed by atoms with Gasteiger partial charge in [-0.15, -0.1) is 0 Å². The van der Waals surface area contributed by atoms with Crippen LogP contribution in [0.1, 0.15) is 490 Å². The summed E-state index contributed by atoms with van der Waals surface area (Å²) in [4.78, 5) is 58.4. The first-order chi connectivity index (χ1) is 53.8. The fraction of sp³-hybridized carbons (Fsp3) is 0.898. The Morgan fingerprint density at radius 3 is 0.591 bits per heavy atom. The van der Waals surface area contributed by atoms with E-state index in [1.165, 1.54) is 360 Å². The van der Waals surface area contributed by atoms with E-state index in [2.05, 4.69) is 49.0 Å². The first-order valence-electron chi connectivity index (χ1n) is 48.6. The van der Waals surface area contributed by atoms with Gasteiger partial charge in [-0.1, -0.05) is 465 Å². The van der Waals surface area contributed by atoms with Crippen molar-refractivity contribution in [3.05, 3.63) is 35.4 Å². The third kappa shape index (κ3) is 51.1. The molecular weight excluding hydrogens is 1360 g/mol. The summed E-state index contributed by atoms with van der Waals surface area (Å²) in [6.07, 6.45) is 82.5. The number of ether oxygens (including phenoxy) is 4. The number of hydrogen-bond donors (Lipinski definition) is 4. The first kappa shape index (κ1) is 101. The van der Waals surface area contributed by atoms with Crippen molar-refractivity contribution < 1.29 is 38.1 Å². The van der Waals surface area contributed by atoms with E-state index in [1.807, 2.05) is 52.0 Å². The van der Waals surface area contributed by atoms with Gasteiger partial charge < -0.3 is 40.2 Å². The maximum atomic E-state index is 14.9. The summed E-state index contributed by atoms with van der Waals surface area (Å²) in [5.74, 6) is -1.06. The largest absolute Gasteiger partial charge is 0.353 e. The molecule has 2 fully saturated rings. The number of unbranched alkanes of at least 4 members (excludes halogenated alkanes) is 60. The molecule has 1 aromatic rings. The summed E-state index contributed by atoms with van der Waals surface area (Å²) in [5, 5.41) is 12.9. The predicted octanol–water partition coefficient (Wildman–Crippen LogP) is 27.3. The molecule has 0 bridgehead atoms. The minimum Gasteiger partial charge on any atom is -0.353 e. The Balaban J connectivity index is 1.75. The summed E-state index contributed by atoms with van der Waals surface area (Å²) in [6, 6.07) is 6.75. The van der Waals surface area contributed by atoms with Gasteiger partial charge in [0, 0.05) is 52.1 Å². The lowest BCUT2D eigenvalue weighted by atomic mass is 9.81. The Morgan fingerprint density at radius 1 is 0.264 bits per heavy atom. The van der Waals surface area contributed by atoms with Crippen LogP contribution < -0.4 is 21.3 Å². The fourth-order valence-corrected chi connectivity index (χ4v) is 16.9. The molecular formula is C98H182N4O8. The van der Waals surface area contributed by atoms with Crippen molar-refractivity contribution in [2.75, 3.05) is 26.4 Å². The third-order valence-corrected chi connectivity index (χ3v) is 24.3.